The number of aromatic nitrogens is 4. The van der Waals surface area contributed by atoms with Crippen LogP contribution in [-0.2, 0) is 7.05 Å². The first-order chi connectivity index (χ1) is 8.58. The van der Waals surface area contributed by atoms with Gasteiger partial charge in [-0.05, 0) is 25.8 Å². The van der Waals surface area contributed by atoms with Crippen LogP contribution in [0.3, 0.4) is 0 Å². The van der Waals surface area contributed by atoms with Gasteiger partial charge in [0.15, 0.2) is 5.82 Å². The number of aromatic carboxylic acids is 1. The number of hydrogen-bond acceptors (Lipinski definition) is 3. The minimum Gasteiger partial charge on any atom is -0.477 e. The number of carboxylic acids is 1. The van der Waals surface area contributed by atoms with Gasteiger partial charge in [-0.15, -0.1) is 0 Å². The lowest BCUT2D eigenvalue weighted by Gasteiger charge is -2.03. The Morgan fingerprint density at radius 3 is 2.78 bits per heavy atom. The van der Waals surface area contributed by atoms with Gasteiger partial charge in [0.2, 0.25) is 0 Å². The summed E-state index contributed by atoms with van der Waals surface area (Å²) in [6.45, 7) is 1.69. The fourth-order valence-electron chi connectivity index (χ4n) is 2.21. The summed E-state index contributed by atoms with van der Waals surface area (Å²) in [4.78, 5) is 11.3. The van der Waals surface area contributed by atoms with Crippen molar-refractivity contribution in [2.75, 3.05) is 0 Å². The molecule has 0 radical (unpaired) electrons. The van der Waals surface area contributed by atoms with Crippen molar-refractivity contribution < 1.29 is 9.90 Å². The van der Waals surface area contributed by atoms with E-state index >= 15 is 0 Å². The minimum atomic E-state index is -0.973. The SMILES string of the molecule is Cc1nn(C)c(-n2ccc(C3CC3)n2)c1C(=O)O. The molecule has 0 amide bonds. The van der Waals surface area contributed by atoms with E-state index in [2.05, 4.69) is 10.2 Å². The lowest BCUT2D eigenvalue weighted by atomic mass is 10.2. The van der Waals surface area contributed by atoms with Crippen LogP contribution in [0.25, 0.3) is 5.82 Å². The van der Waals surface area contributed by atoms with Gasteiger partial charge in [-0.1, -0.05) is 0 Å². The van der Waals surface area contributed by atoms with Gasteiger partial charge >= 0.3 is 5.97 Å². The summed E-state index contributed by atoms with van der Waals surface area (Å²) < 4.78 is 3.17. The normalized spacial score (nSPS) is 15.0. The molecule has 0 unspecified atom stereocenters. The molecule has 1 fully saturated rings. The monoisotopic (exact) mass is 246 g/mol. The Balaban J connectivity index is 2.11. The van der Waals surface area contributed by atoms with Crippen LogP contribution in [0, 0.1) is 6.92 Å². The van der Waals surface area contributed by atoms with Crippen molar-refractivity contribution in [2.45, 2.75) is 25.7 Å². The molecule has 0 aromatic carbocycles. The molecule has 1 aliphatic rings. The Morgan fingerprint density at radius 2 is 2.17 bits per heavy atom. The third-order valence-electron chi connectivity index (χ3n) is 3.23. The zero-order valence-electron chi connectivity index (χ0n) is 10.3. The second kappa shape index (κ2) is 3.69. The van der Waals surface area contributed by atoms with Gasteiger partial charge in [-0.25, -0.2) is 14.2 Å². The maximum absolute atomic E-state index is 11.3. The smallest absolute Gasteiger partial charge is 0.341 e. The molecular weight excluding hydrogens is 232 g/mol. The van der Waals surface area contributed by atoms with Crippen LogP contribution >= 0.6 is 0 Å². The van der Waals surface area contributed by atoms with Crippen LogP contribution in [0.2, 0.25) is 0 Å². The zero-order valence-corrected chi connectivity index (χ0v) is 10.3. The Labute approximate surface area is 104 Å². The number of rotatable bonds is 3. The van der Waals surface area contributed by atoms with E-state index in [4.69, 9.17) is 0 Å². The van der Waals surface area contributed by atoms with E-state index < -0.39 is 5.97 Å². The van der Waals surface area contributed by atoms with Crippen LogP contribution in [0.1, 0.15) is 40.5 Å². The van der Waals surface area contributed by atoms with Crippen LogP contribution in [-0.4, -0.2) is 30.6 Å². The van der Waals surface area contributed by atoms with Crippen LogP contribution in [0.15, 0.2) is 12.3 Å². The van der Waals surface area contributed by atoms with Crippen molar-refractivity contribution in [1.29, 1.82) is 0 Å². The molecule has 18 heavy (non-hydrogen) atoms. The van der Waals surface area contributed by atoms with Crippen molar-refractivity contribution in [3.05, 3.63) is 29.2 Å². The van der Waals surface area contributed by atoms with Crippen molar-refractivity contribution in [1.82, 2.24) is 19.6 Å². The van der Waals surface area contributed by atoms with Gasteiger partial charge in [0, 0.05) is 19.2 Å². The highest BCUT2D eigenvalue weighted by molar-refractivity contribution is 5.92. The fraction of sp³-hybridized carbons (Fsp3) is 0.417. The maximum atomic E-state index is 11.3. The highest BCUT2D eigenvalue weighted by Crippen LogP contribution is 2.39. The van der Waals surface area contributed by atoms with Crippen LogP contribution in [0.4, 0.5) is 0 Å². The first-order valence-corrected chi connectivity index (χ1v) is 5.90. The summed E-state index contributed by atoms with van der Waals surface area (Å²) in [7, 11) is 1.73. The van der Waals surface area contributed by atoms with Gasteiger partial charge < -0.3 is 5.11 Å². The second-order valence-corrected chi connectivity index (χ2v) is 4.67. The average Bonchev–Trinajstić information content (AvgIpc) is 2.95. The predicted molar refractivity (Wildman–Crippen MR) is 64.0 cm³/mol. The van der Waals surface area contributed by atoms with E-state index in [1.165, 1.54) is 12.8 Å². The van der Waals surface area contributed by atoms with Gasteiger partial charge in [0.05, 0.1) is 11.4 Å². The number of aryl methyl sites for hydroxylation is 2. The van der Waals surface area contributed by atoms with E-state index in [-0.39, 0.29) is 5.56 Å². The Kier molecular flexibility index (Phi) is 2.26. The van der Waals surface area contributed by atoms with Crippen LogP contribution < -0.4 is 0 Å². The fourth-order valence-corrected chi connectivity index (χ4v) is 2.21. The maximum Gasteiger partial charge on any atom is 0.341 e. The van der Waals surface area contributed by atoms with Crippen molar-refractivity contribution in [3.63, 3.8) is 0 Å². The Hall–Kier alpha value is -2.11. The molecule has 1 N–H and O–H groups in total. The average molecular weight is 246 g/mol. The Bertz CT molecular complexity index is 622. The molecule has 0 spiro atoms. The molecular formula is C12H14N4O2. The molecule has 0 atom stereocenters. The van der Waals surface area contributed by atoms with E-state index in [1.54, 1.807) is 29.5 Å². The van der Waals surface area contributed by atoms with Gasteiger partial charge in [0.25, 0.3) is 0 Å². The van der Waals surface area contributed by atoms with Crippen LogP contribution in [0.5, 0.6) is 0 Å². The highest BCUT2D eigenvalue weighted by Gasteiger charge is 2.27. The summed E-state index contributed by atoms with van der Waals surface area (Å²) in [5, 5.41) is 17.9. The molecule has 6 nitrogen and oxygen atoms in total. The molecule has 1 saturated carbocycles. The van der Waals surface area contributed by atoms with Gasteiger partial charge in [0.1, 0.15) is 5.56 Å². The molecule has 0 bridgehead atoms. The topological polar surface area (TPSA) is 72.9 Å². The molecule has 2 heterocycles. The number of hydrogen-bond donors (Lipinski definition) is 1. The van der Waals surface area contributed by atoms with E-state index in [0.29, 0.717) is 17.4 Å². The van der Waals surface area contributed by atoms with Gasteiger partial charge in [-0.2, -0.15) is 10.2 Å². The molecule has 0 aliphatic heterocycles. The summed E-state index contributed by atoms with van der Waals surface area (Å²) >= 11 is 0. The molecule has 3 rings (SSSR count). The highest BCUT2D eigenvalue weighted by atomic mass is 16.4. The minimum absolute atomic E-state index is 0.211. The zero-order chi connectivity index (χ0) is 12.9. The molecule has 6 heteroatoms. The molecule has 2 aromatic heterocycles. The number of carboxylic acid groups (broad SMARTS) is 1. The molecule has 1 aliphatic carbocycles. The summed E-state index contributed by atoms with van der Waals surface area (Å²) in [5.41, 5.74) is 1.75. The second-order valence-electron chi connectivity index (χ2n) is 4.67. The van der Waals surface area contributed by atoms with Crippen molar-refractivity contribution >= 4 is 5.97 Å². The van der Waals surface area contributed by atoms with Gasteiger partial charge in [-0.3, -0.25) is 0 Å². The first-order valence-electron chi connectivity index (χ1n) is 5.90. The van der Waals surface area contributed by atoms with E-state index in [0.717, 1.165) is 5.69 Å². The first kappa shape index (κ1) is 11.0. The number of carbonyl (C=O) groups is 1. The Morgan fingerprint density at radius 1 is 1.44 bits per heavy atom. The lowest BCUT2D eigenvalue weighted by Crippen LogP contribution is -2.09. The molecule has 94 valence electrons. The summed E-state index contributed by atoms with van der Waals surface area (Å²) in [5.74, 6) is 0.0832. The third kappa shape index (κ3) is 1.61. The summed E-state index contributed by atoms with van der Waals surface area (Å²) in [6.07, 6.45) is 4.15. The lowest BCUT2D eigenvalue weighted by molar-refractivity contribution is 0.0696. The molecule has 2 aromatic rings. The standard InChI is InChI=1S/C12H14N4O2/c1-7-10(12(17)18)11(15(2)13-7)16-6-5-9(14-16)8-3-4-8/h5-6,8H,3-4H2,1-2H3,(H,17,18). The third-order valence-corrected chi connectivity index (χ3v) is 3.23. The largest absolute Gasteiger partial charge is 0.477 e. The summed E-state index contributed by atoms with van der Waals surface area (Å²) in [6, 6.07) is 1.95. The van der Waals surface area contributed by atoms with E-state index in [1.807, 2.05) is 6.07 Å². The molecule has 0 saturated heterocycles. The van der Waals surface area contributed by atoms with Crippen molar-refractivity contribution in [2.24, 2.45) is 7.05 Å². The predicted octanol–water partition coefficient (Wildman–Crippen LogP) is 1.49. The quantitative estimate of drug-likeness (QED) is 0.890. The number of nitrogens with zero attached hydrogens (tertiary/aromatic N) is 4. The van der Waals surface area contributed by atoms with E-state index in [9.17, 15) is 9.90 Å². The van der Waals surface area contributed by atoms with Crippen molar-refractivity contribution in [3.8, 4) is 5.82 Å².